The smallest absolute Gasteiger partial charge is 0.219 e. The molecule has 156 valence electrons. The Morgan fingerprint density at radius 3 is 1.69 bits per heavy atom. The number of aliphatic hydroxyl groups excluding tert-OH is 1. The van der Waals surface area contributed by atoms with Crippen LogP contribution in [0, 0.1) is 0 Å². The molecule has 0 fully saturated rings. The van der Waals surface area contributed by atoms with Crippen LogP contribution in [0.1, 0.15) is 104 Å². The molecule has 1 amide bonds. The lowest BCUT2D eigenvalue weighted by Gasteiger charge is -2.19. The quantitative estimate of drug-likeness (QED) is 0.312. The number of likely N-dealkylation sites (N-methyl/N-ethyl adjacent to an activating group) is 1. The van der Waals surface area contributed by atoms with Crippen LogP contribution in [0.5, 0.6) is 0 Å². The van der Waals surface area contributed by atoms with Gasteiger partial charge in [-0.2, -0.15) is 0 Å². The van der Waals surface area contributed by atoms with Crippen molar-refractivity contribution in [3.05, 3.63) is 0 Å². The third kappa shape index (κ3) is 18.2. The lowest BCUT2D eigenvalue weighted by atomic mass is 10.0. The van der Waals surface area contributed by atoms with Gasteiger partial charge in [0.25, 0.3) is 0 Å². The molecule has 1 unspecified atom stereocenters. The van der Waals surface area contributed by atoms with Gasteiger partial charge in [-0.1, -0.05) is 90.4 Å². The summed E-state index contributed by atoms with van der Waals surface area (Å²) in [5.41, 5.74) is 0. The highest BCUT2D eigenvalue weighted by molar-refractivity contribution is 5.72. The van der Waals surface area contributed by atoms with Crippen LogP contribution >= 0.6 is 0 Å². The Kier molecular flexibility index (Phi) is 18.7. The number of aliphatic hydroxyl groups is 1. The van der Waals surface area contributed by atoms with E-state index in [4.69, 9.17) is 4.74 Å². The van der Waals surface area contributed by atoms with E-state index < -0.39 is 6.10 Å². The van der Waals surface area contributed by atoms with Crippen molar-refractivity contribution in [2.75, 3.05) is 26.8 Å². The maximum Gasteiger partial charge on any atom is 0.219 e. The first-order valence-electron chi connectivity index (χ1n) is 11.1. The van der Waals surface area contributed by atoms with Crippen LogP contribution in [0.15, 0.2) is 0 Å². The topological polar surface area (TPSA) is 49.8 Å². The number of nitrogens with zero attached hydrogens (tertiary/aromatic N) is 1. The van der Waals surface area contributed by atoms with Crippen LogP contribution in [0.4, 0.5) is 0 Å². The van der Waals surface area contributed by atoms with E-state index in [1.807, 2.05) is 0 Å². The van der Waals surface area contributed by atoms with Crippen LogP contribution in [0.25, 0.3) is 0 Å². The number of ether oxygens (including phenoxy) is 1. The van der Waals surface area contributed by atoms with Gasteiger partial charge in [-0.3, -0.25) is 4.79 Å². The first-order valence-corrected chi connectivity index (χ1v) is 11.1. The number of carbonyl (C=O) groups is 1. The summed E-state index contributed by atoms with van der Waals surface area (Å²) in [7, 11) is 1.69. The Hall–Kier alpha value is -0.610. The second-order valence-electron chi connectivity index (χ2n) is 7.72. The lowest BCUT2D eigenvalue weighted by Crippen LogP contribution is -2.35. The molecule has 0 bridgehead atoms. The minimum atomic E-state index is -0.587. The fraction of sp³-hybridized carbons (Fsp3) is 0.955. The monoisotopic (exact) mass is 371 g/mol. The maximum atomic E-state index is 11.1. The normalized spacial score (nSPS) is 12.3. The molecule has 1 atom stereocenters. The van der Waals surface area contributed by atoms with Crippen molar-refractivity contribution in [3.63, 3.8) is 0 Å². The molecular weight excluding hydrogens is 326 g/mol. The average Bonchev–Trinajstić information content (AvgIpc) is 2.61. The lowest BCUT2D eigenvalue weighted by molar-refractivity contribution is -0.129. The maximum absolute atomic E-state index is 11.1. The van der Waals surface area contributed by atoms with E-state index in [2.05, 4.69) is 6.92 Å². The van der Waals surface area contributed by atoms with Gasteiger partial charge in [0.2, 0.25) is 5.91 Å². The molecular formula is C22H45NO3. The zero-order valence-electron chi connectivity index (χ0n) is 17.8. The van der Waals surface area contributed by atoms with Gasteiger partial charge >= 0.3 is 0 Å². The van der Waals surface area contributed by atoms with Crippen LogP contribution in [-0.2, 0) is 9.53 Å². The summed E-state index contributed by atoms with van der Waals surface area (Å²) in [6, 6.07) is 0. The summed E-state index contributed by atoms with van der Waals surface area (Å²) >= 11 is 0. The molecule has 0 aliphatic carbocycles. The Balaban J connectivity index is 3.16. The Morgan fingerprint density at radius 1 is 0.846 bits per heavy atom. The van der Waals surface area contributed by atoms with Gasteiger partial charge in [0.1, 0.15) is 0 Å². The van der Waals surface area contributed by atoms with Gasteiger partial charge in [0, 0.05) is 27.1 Å². The third-order valence-corrected chi connectivity index (χ3v) is 4.97. The predicted molar refractivity (Wildman–Crippen MR) is 110 cm³/mol. The molecule has 0 aromatic carbocycles. The van der Waals surface area contributed by atoms with E-state index >= 15 is 0 Å². The van der Waals surface area contributed by atoms with E-state index in [0.717, 1.165) is 6.42 Å². The fourth-order valence-electron chi connectivity index (χ4n) is 3.12. The van der Waals surface area contributed by atoms with Gasteiger partial charge in [0.15, 0.2) is 0 Å². The molecule has 0 radical (unpaired) electrons. The van der Waals surface area contributed by atoms with Crippen molar-refractivity contribution in [1.29, 1.82) is 0 Å². The summed E-state index contributed by atoms with van der Waals surface area (Å²) in [5, 5.41) is 9.76. The summed E-state index contributed by atoms with van der Waals surface area (Å²) < 4.78 is 5.50. The summed E-state index contributed by atoms with van der Waals surface area (Å²) in [6.45, 7) is 5.14. The molecule has 0 saturated heterocycles. The first-order chi connectivity index (χ1) is 12.6. The molecule has 0 heterocycles. The number of carbonyl (C=O) groups excluding carboxylic acids is 1. The van der Waals surface area contributed by atoms with Crippen LogP contribution in [0.3, 0.4) is 0 Å². The van der Waals surface area contributed by atoms with E-state index in [0.29, 0.717) is 19.8 Å². The highest BCUT2D eigenvalue weighted by Gasteiger charge is 2.10. The predicted octanol–water partition coefficient (Wildman–Crippen LogP) is 5.32. The van der Waals surface area contributed by atoms with Crippen LogP contribution in [-0.4, -0.2) is 48.8 Å². The minimum absolute atomic E-state index is 0.0315. The van der Waals surface area contributed by atoms with Crippen molar-refractivity contribution in [3.8, 4) is 0 Å². The molecule has 1 N–H and O–H groups in total. The van der Waals surface area contributed by atoms with Gasteiger partial charge in [-0.05, 0) is 6.42 Å². The summed E-state index contributed by atoms with van der Waals surface area (Å²) in [4.78, 5) is 12.6. The van der Waals surface area contributed by atoms with E-state index in [-0.39, 0.29) is 5.91 Å². The molecule has 0 saturated carbocycles. The molecule has 0 aromatic heterocycles. The summed E-state index contributed by atoms with van der Waals surface area (Å²) in [5.74, 6) is -0.0315. The number of hydrogen-bond acceptors (Lipinski definition) is 3. The van der Waals surface area contributed by atoms with Gasteiger partial charge in [-0.25, -0.2) is 0 Å². The SMILES string of the molecule is CCCCCCCCCCCCCCCCOCC(O)CN(C)C(C)=O. The second-order valence-corrected chi connectivity index (χ2v) is 7.72. The van der Waals surface area contributed by atoms with Crippen molar-refractivity contribution in [2.45, 2.75) is 110 Å². The minimum Gasteiger partial charge on any atom is -0.389 e. The van der Waals surface area contributed by atoms with Crippen molar-refractivity contribution >= 4 is 5.91 Å². The number of rotatable bonds is 19. The van der Waals surface area contributed by atoms with Crippen molar-refractivity contribution in [1.82, 2.24) is 4.90 Å². The Labute approximate surface area is 162 Å². The largest absolute Gasteiger partial charge is 0.389 e. The van der Waals surface area contributed by atoms with E-state index in [1.165, 1.54) is 95.3 Å². The summed E-state index contributed by atoms with van der Waals surface area (Å²) in [6.07, 6.45) is 18.3. The average molecular weight is 372 g/mol. The zero-order valence-corrected chi connectivity index (χ0v) is 17.8. The molecule has 0 aromatic rings. The molecule has 4 nitrogen and oxygen atoms in total. The molecule has 0 aliphatic rings. The molecule has 4 heteroatoms. The van der Waals surface area contributed by atoms with Gasteiger partial charge in [-0.15, -0.1) is 0 Å². The molecule has 26 heavy (non-hydrogen) atoms. The van der Waals surface area contributed by atoms with E-state index in [1.54, 1.807) is 7.05 Å². The molecule has 0 spiro atoms. The number of unbranched alkanes of at least 4 members (excludes halogenated alkanes) is 13. The number of hydrogen-bond donors (Lipinski definition) is 1. The fourth-order valence-corrected chi connectivity index (χ4v) is 3.12. The highest BCUT2D eigenvalue weighted by Crippen LogP contribution is 2.12. The van der Waals surface area contributed by atoms with Crippen LogP contribution in [0.2, 0.25) is 0 Å². The van der Waals surface area contributed by atoms with Gasteiger partial charge < -0.3 is 14.7 Å². The first kappa shape index (κ1) is 25.4. The Bertz CT molecular complexity index is 310. The standard InChI is InChI=1S/C22H45NO3/c1-4-5-6-7-8-9-10-11-12-13-14-15-16-17-18-26-20-22(25)19-23(3)21(2)24/h22,25H,4-20H2,1-3H3. The zero-order chi connectivity index (χ0) is 19.5. The third-order valence-electron chi connectivity index (χ3n) is 4.97. The van der Waals surface area contributed by atoms with Crippen LogP contribution < -0.4 is 0 Å². The Morgan fingerprint density at radius 2 is 1.27 bits per heavy atom. The van der Waals surface area contributed by atoms with E-state index in [9.17, 15) is 9.90 Å². The highest BCUT2D eigenvalue weighted by atomic mass is 16.5. The molecule has 0 rings (SSSR count). The second kappa shape index (κ2) is 19.2. The van der Waals surface area contributed by atoms with Crippen molar-refractivity contribution in [2.24, 2.45) is 0 Å². The number of amides is 1. The van der Waals surface area contributed by atoms with Crippen molar-refractivity contribution < 1.29 is 14.6 Å². The molecule has 0 aliphatic heterocycles. The van der Waals surface area contributed by atoms with Gasteiger partial charge in [0.05, 0.1) is 12.7 Å².